The number of carbonyl (C=O) groups is 1. The molecule has 0 aliphatic rings. The van der Waals surface area contributed by atoms with Crippen LogP contribution in [-0.4, -0.2) is 15.7 Å². The predicted molar refractivity (Wildman–Crippen MR) is 110 cm³/mol. The first-order valence-electron chi connectivity index (χ1n) is 8.87. The summed E-state index contributed by atoms with van der Waals surface area (Å²) in [6.45, 7) is 0.265. The number of fused-ring (bicyclic) bond motifs is 2. The van der Waals surface area contributed by atoms with Gasteiger partial charge in [0.15, 0.2) is 0 Å². The van der Waals surface area contributed by atoms with Gasteiger partial charge in [-0.3, -0.25) is 9.59 Å². The minimum atomic E-state index is -0.238. The van der Waals surface area contributed by atoms with Crippen LogP contribution in [0.25, 0.3) is 21.5 Å². The third-order valence-electron chi connectivity index (χ3n) is 4.64. The molecule has 4 rings (SSSR count). The van der Waals surface area contributed by atoms with Crippen molar-refractivity contribution in [2.75, 3.05) is 0 Å². The van der Waals surface area contributed by atoms with Gasteiger partial charge in [0.1, 0.15) is 6.54 Å². The van der Waals surface area contributed by atoms with E-state index in [0.717, 1.165) is 10.8 Å². The number of aromatic nitrogens is 2. The van der Waals surface area contributed by atoms with Gasteiger partial charge in [-0.05, 0) is 22.9 Å². The van der Waals surface area contributed by atoms with Crippen molar-refractivity contribution >= 4 is 27.5 Å². The van der Waals surface area contributed by atoms with Crippen molar-refractivity contribution in [2.45, 2.75) is 13.1 Å². The molecule has 1 amide bonds. The molecule has 0 spiro atoms. The standard InChI is InChI=1S/C23H17N3O2/c1-2-14-26-23(28)20-12-6-5-11-18(20)21(25-26)15-24-22(27)19-13-7-9-16-8-3-4-10-17(16)19/h1,3-13H,14-15H2,(H,24,27). The third kappa shape index (κ3) is 3.12. The molecule has 0 fully saturated rings. The maximum Gasteiger partial charge on any atom is 0.275 e. The summed E-state index contributed by atoms with van der Waals surface area (Å²) in [7, 11) is 0. The Morgan fingerprint density at radius 3 is 2.43 bits per heavy atom. The Morgan fingerprint density at radius 1 is 0.964 bits per heavy atom. The summed E-state index contributed by atoms with van der Waals surface area (Å²) in [5, 5.41) is 10.4. The largest absolute Gasteiger partial charge is 0.346 e. The smallest absolute Gasteiger partial charge is 0.275 e. The van der Waals surface area contributed by atoms with E-state index in [1.807, 2.05) is 48.5 Å². The summed E-state index contributed by atoms with van der Waals surface area (Å²) in [6.07, 6.45) is 5.36. The molecule has 28 heavy (non-hydrogen) atoms. The molecule has 3 aromatic carbocycles. The molecule has 0 unspecified atom stereocenters. The number of benzene rings is 3. The van der Waals surface area contributed by atoms with Crippen molar-refractivity contribution < 1.29 is 4.79 Å². The number of rotatable bonds is 4. The molecular formula is C23H17N3O2. The zero-order chi connectivity index (χ0) is 19.5. The molecular weight excluding hydrogens is 350 g/mol. The van der Waals surface area contributed by atoms with Gasteiger partial charge < -0.3 is 5.32 Å². The normalized spacial score (nSPS) is 10.7. The van der Waals surface area contributed by atoms with Gasteiger partial charge in [-0.1, -0.05) is 60.5 Å². The number of hydrogen-bond donors (Lipinski definition) is 1. The zero-order valence-corrected chi connectivity index (χ0v) is 15.1. The predicted octanol–water partition coefficient (Wildman–Crippen LogP) is 3.11. The van der Waals surface area contributed by atoms with Gasteiger partial charge in [-0.25, -0.2) is 4.68 Å². The fraction of sp³-hybridized carbons (Fsp3) is 0.0870. The molecule has 5 heteroatoms. The van der Waals surface area contributed by atoms with Crippen LogP contribution in [0.3, 0.4) is 0 Å². The lowest BCUT2D eigenvalue weighted by atomic mass is 10.0. The molecule has 0 aliphatic heterocycles. The molecule has 0 bridgehead atoms. The Morgan fingerprint density at radius 2 is 1.64 bits per heavy atom. The van der Waals surface area contributed by atoms with E-state index >= 15 is 0 Å². The molecule has 1 N–H and O–H groups in total. The molecule has 0 aliphatic carbocycles. The minimum Gasteiger partial charge on any atom is -0.346 e. The van der Waals surface area contributed by atoms with Crippen LogP contribution in [0.4, 0.5) is 0 Å². The molecule has 0 radical (unpaired) electrons. The first-order valence-corrected chi connectivity index (χ1v) is 8.87. The molecule has 136 valence electrons. The Kier molecular flexibility index (Phi) is 4.61. The Bertz CT molecular complexity index is 1290. The van der Waals surface area contributed by atoms with Crippen LogP contribution >= 0.6 is 0 Å². The van der Waals surface area contributed by atoms with Gasteiger partial charge in [0.25, 0.3) is 11.5 Å². The second kappa shape index (κ2) is 7.37. The highest BCUT2D eigenvalue weighted by Gasteiger charge is 2.13. The third-order valence-corrected chi connectivity index (χ3v) is 4.64. The lowest BCUT2D eigenvalue weighted by Gasteiger charge is -2.11. The number of carbonyl (C=O) groups excluding carboxylic acids is 1. The van der Waals surface area contributed by atoms with E-state index in [9.17, 15) is 9.59 Å². The van der Waals surface area contributed by atoms with Crippen molar-refractivity contribution in [1.29, 1.82) is 0 Å². The van der Waals surface area contributed by atoms with E-state index in [4.69, 9.17) is 6.42 Å². The summed E-state index contributed by atoms with van der Waals surface area (Å²) in [5.74, 6) is 2.24. The van der Waals surface area contributed by atoms with Gasteiger partial charge in [0.05, 0.1) is 17.6 Å². The quantitative estimate of drug-likeness (QED) is 0.564. The first kappa shape index (κ1) is 17.5. The Balaban J connectivity index is 1.69. The van der Waals surface area contributed by atoms with Crippen molar-refractivity contribution in [3.8, 4) is 12.3 Å². The Hall–Kier alpha value is -3.91. The maximum atomic E-state index is 12.8. The van der Waals surface area contributed by atoms with Crippen LogP contribution in [0.15, 0.2) is 71.5 Å². The topological polar surface area (TPSA) is 64.0 Å². The summed E-state index contributed by atoms with van der Waals surface area (Å²) in [6, 6.07) is 20.6. The fourth-order valence-electron chi connectivity index (χ4n) is 3.31. The lowest BCUT2D eigenvalue weighted by Crippen LogP contribution is -2.28. The van der Waals surface area contributed by atoms with Crippen molar-refractivity contribution in [3.05, 3.63) is 88.3 Å². The van der Waals surface area contributed by atoms with E-state index in [1.165, 1.54) is 4.68 Å². The van der Waals surface area contributed by atoms with Crippen LogP contribution in [0, 0.1) is 12.3 Å². The number of terminal acetylenes is 1. The second-order valence-corrected chi connectivity index (χ2v) is 6.37. The molecule has 1 heterocycles. The fourth-order valence-corrected chi connectivity index (χ4v) is 3.31. The minimum absolute atomic E-state index is 0.0773. The van der Waals surface area contributed by atoms with Crippen LogP contribution in [0.2, 0.25) is 0 Å². The van der Waals surface area contributed by atoms with E-state index in [-0.39, 0.29) is 24.6 Å². The number of hydrogen-bond acceptors (Lipinski definition) is 3. The van der Waals surface area contributed by atoms with Crippen molar-refractivity contribution in [3.63, 3.8) is 0 Å². The highest BCUT2D eigenvalue weighted by molar-refractivity contribution is 6.07. The van der Waals surface area contributed by atoms with E-state index in [0.29, 0.717) is 22.0 Å². The molecule has 1 aromatic heterocycles. The average Bonchev–Trinajstić information content (AvgIpc) is 2.74. The van der Waals surface area contributed by atoms with Gasteiger partial charge in [-0.15, -0.1) is 6.42 Å². The maximum absolute atomic E-state index is 12.8. The first-order chi connectivity index (χ1) is 13.7. The summed E-state index contributed by atoms with van der Waals surface area (Å²) < 4.78 is 1.25. The highest BCUT2D eigenvalue weighted by atomic mass is 16.1. The lowest BCUT2D eigenvalue weighted by molar-refractivity contribution is 0.0952. The highest BCUT2D eigenvalue weighted by Crippen LogP contribution is 2.19. The molecule has 4 aromatic rings. The Labute approximate surface area is 161 Å². The van der Waals surface area contributed by atoms with Gasteiger partial charge in [0, 0.05) is 10.9 Å². The van der Waals surface area contributed by atoms with Gasteiger partial charge >= 0.3 is 0 Å². The van der Waals surface area contributed by atoms with Gasteiger partial charge in [0.2, 0.25) is 0 Å². The monoisotopic (exact) mass is 367 g/mol. The van der Waals surface area contributed by atoms with E-state index < -0.39 is 0 Å². The molecule has 0 saturated carbocycles. The number of nitrogens with zero attached hydrogens (tertiary/aromatic N) is 2. The van der Waals surface area contributed by atoms with Crippen molar-refractivity contribution in [1.82, 2.24) is 15.1 Å². The van der Waals surface area contributed by atoms with E-state index in [1.54, 1.807) is 18.2 Å². The summed E-state index contributed by atoms with van der Waals surface area (Å²) in [4.78, 5) is 25.3. The SMILES string of the molecule is C#CCn1nc(CNC(=O)c2cccc3ccccc23)c2ccccc2c1=O. The number of amides is 1. The zero-order valence-electron chi connectivity index (χ0n) is 15.1. The average molecular weight is 367 g/mol. The summed E-state index contributed by atoms with van der Waals surface area (Å²) >= 11 is 0. The molecule has 0 saturated heterocycles. The molecule has 0 atom stereocenters. The van der Waals surface area contributed by atoms with Crippen LogP contribution in [-0.2, 0) is 13.1 Å². The van der Waals surface area contributed by atoms with Crippen molar-refractivity contribution in [2.24, 2.45) is 0 Å². The van der Waals surface area contributed by atoms with Crippen LogP contribution < -0.4 is 10.9 Å². The van der Waals surface area contributed by atoms with E-state index in [2.05, 4.69) is 16.3 Å². The van der Waals surface area contributed by atoms with Gasteiger partial charge in [-0.2, -0.15) is 5.10 Å². The second-order valence-electron chi connectivity index (χ2n) is 6.37. The number of nitrogens with one attached hydrogen (secondary N) is 1. The molecule has 5 nitrogen and oxygen atoms in total. The van der Waals surface area contributed by atoms with Crippen LogP contribution in [0.1, 0.15) is 16.1 Å². The van der Waals surface area contributed by atoms with Crippen LogP contribution in [0.5, 0.6) is 0 Å². The summed E-state index contributed by atoms with van der Waals surface area (Å²) in [5.41, 5.74) is 0.955.